The first-order valence-corrected chi connectivity index (χ1v) is 6.73. The number of aldehydes is 1. The van der Waals surface area contributed by atoms with Crippen molar-refractivity contribution < 1.29 is 4.79 Å². The molecule has 0 fully saturated rings. The monoisotopic (exact) mass is 297 g/mol. The van der Waals surface area contributed by atoms with Crippen LogP contribution in [0.4, 0.5) is 5.82 Å². The maximum atomic E-state index is 11.2. The van der Waals surface area contributed by atoms with Gasteiger partial charge in [-0.05, 0) is 17.7 Å². The Kier molecular flexibility index (Phi) is 3.46. The van der Waals surface area contributed by atoms with Crippen LogP contribution in [0, 0.1) is 0 Å². The predicted octanol–water partition coefficient (Wildman–Crippen LogP) is 3.59. The number of nitrogen functional groups attached to an aromatic ring is 1. The molecule has 4 nitrogen and oxygen atoms in total. The first-order chi connectivity index (χ1) is 10.2. The van der Waals surface area contributed by atoms with Crippen molar-refractivity contribution >= 4 is 23.7 Å². The van der Waals surface area contributed by atoms with Gasteiger partial charge in [-0.1, -0.05) is 48.0 Å². The van der Waals surface area contributed by atoms with Gasteiger partial charge in [-0.3, -0.25) is 4.79 Å². The molecule has 0 atom stereocenters. The summed E-state index contributed by atoms with van der Waals surface area (Å²) in [6, 6.07) is 14.6. The van der Waals surface area contributed by atoms with Gasteiger partial charge in [0.2, 0.25) is 0 Å². The van der Waals surface area contributed by atoms with Crippen LogP contribution in [-0.4, -0.2) is 16.1 Å². The van der Waals surface area contributed by atoms with Crippen LogP contribution in [0.3, 0.4) is 0 Å². The molecule has 0 saturated carbocycles. The van der Waals surface area contributed by atoms with Crippen molar-refractivity contribution in [1.29, 1.82) is 0 Å². The summed E-state index contributed by atoms with van der Waals surface area (Å²) in [6.07, 6.45) is 2.45. The maximum absolute atomic E-state index is 11.2. The number of rotatable bonds is 3. The molecule has 104 valence electrons. The van der Waals surface area contributed by atoms with Gasteiger partial charge >= 0.3 is 0 Å². The van der Waals surface area contributed by atoms with E-state index in [1.807, 2.05) is 36.4 Å². The standard InChI is InChI=1S/C16H12ClN3O/c17-14-7-3-4-8-15(14)20-16(18)13(9-19-20)12-6-2-1-5-11(12)10-21/h1-10H,18H2. The van der Waals surface area contributed by atoms with E-state index in [-0.39, 0.29) is 0 Å². The number of anilines is 1. The van der Waals surface area contributed by atoms with Crippen LogP contribution in [0.1, 0.15) is 10.4 Å². The summed E-state index contributed by atoms with van der Waals surface area (Å²) in [5, 5.41) is 4.85. The van der Waals surface area contributed by atoms with Gasteiger partial charge in [0, 0.05) is 11.1 Å². The third-order valence-corrected chi connectivity index (χ3v) is 3.58. The molecule has 1 heterocycles. The number of carbonyl (C=O) groups excluding carboxylic acids is 1. The van der Waals surface area contributed by atoms with E-state index in [0.29, 0.717) is 27.7 Å². The Hall–Kier alpha value is -2.59. The molecule has 2 aromatic carbocycles. The Balaban J connectivity index is 2.16. The molecular weight excluding hydrogens is 286 g/mol. The fraction of sp³-hybridized carbons (Fsp3) is 0. The Morgan fingerprint density at radius 2 is 1.76 bits per heavy atom. The van der Waals surface area contributed by atoms with Gasteiger partial charge in [0.15, 0.2) is 6.29 Å². The Labute approximate surface area is 126 Å². The summed E-state index contributed by atoms with van der Waals surface area (Å²) in [4.78, 5) is 11.2. The summed E-state index contributed by atoms with van der Waals surface area (Å²) in [5.41, 5.74) is 8.92. The van der Waals surface area contributed by atoms with Crippen molar-refractivity contribution in [2.75, 3.05) is 5.73 Å². The molecule has 0 unspecified atom stereocenters. The highest BCUT2D eigenvalue weighted by Crippen LogP contribution is 2.31. The second kappa shape index (κ2) is 5.42. The van der Waals surface area contributed by atoms with Gasteiger partial charge < -0.3 is 5.73 Å². The third kappa shape index (κ3) is 2.30. The SMILES string of the molecule is Nc1c(-c2ccccc2C=O)cnn1-c1ccccc1Cl. The van der Waals surface area contributed by atoms with E-state index in [1.165, 1.54) is 0 Å². The van der Waals surface area contributed by atoms with Crippen LogP contribution in [0.5, 0.6) is 0 Å². The molecule has 0 aliphatic rings. The first-order valence-electron chi connectivity index (χ1n) is 6.35. The van der Waals surface area contributed by atoms with E-state index in [2.05, 4.69) is 5.10 Å². The molecule has 0 aliphatic carbocycles. The number of carbonyl (C=O) groups is 1. The highest BCUT2D eigenvalue weighted by atomic mass is 35.5. The number of hydrogen-bond donors (Lipinski definition) is 1. The van der Waals surface area contributed by atoms with Gasteiger partial charge in [0.05, 0.1) is 16.9 Å². The number of para-hydroxylation sites is 1. The minimum absolute atomic E-state index is 0.442. The summed E-state index contributed by atoms with van der Waals surface area (Å²) in [5.74, 6) is 0.442. The number of halogens is 1. The zero-order valence-electron chi connectivity index (χ0n) is 11.0. The van der Waals surface area contributed by atoms with Gasteiger partial charge in [-0.2, -0.15) is 5.10 Å². The smallest absolute Gasteiger partial charge is 0.150 e. The summed E-state index contributed by atoms with van der Waals surface area (Å²) in [7, 11) is 0. The number of nitrogens with zero attached hydrogens (tertiary/aromatic N) is 2. The molecule has 0 bridgehead atoms. The predicted molar refractivity (Wildman–Crippen MR) is 83.8 cm³/mol. The van der Waals surface area contributed by atoms with Crippen LogP contribution >= 0.6 is 11.6 Å². The van der Waals surface area contributed by atoms with Crippen molar-refractivity contribution in [1.82, 2.24) is 9.78 Å². The molecule has 21 heavy (non-hydrogen) atoms. The summed E-state index contributed by atoms with van der Waals surface area (Å²) >= 11 is 6.17. The van der Waals surface area contributed by atoms with E-state index in [1.54, 1.807) is 23.0 Å². The average molecular weight is 298 g/mol. The van der Waals surface area contributed by atoms with Crippen LogP contribution in [0.25, 0.3) is 16.8 Å². The van der Waals surface area contributed by atoms with Gasteiger partial charge in [-0.25, -0.2) is 4.68 Å². The van der Waals surface area contributed by atoms with Gasteiger partial charge in [0.1, 0.15) is 5.82 Å². The van der Waals surface area contributed by atoms with E-state index in [9.17, 15) is 4.79 Å². The lowest BCUT2D eigenvalue weighted by Crippen LogP contribution is -2.03. The second-order valence-electron chi connectivity index (χ2n) is 4.51. The number of aromatic nitrogens is 2. The van der Waals surface area contributed by atoms with E-state index in [4.69, 9.17) is 17.3 Å². The zero-order valence-corrected chi connectivity index (χ0v) is 11.8. The molecule has 3 aromatic rings. The fourth-order valence-electron chi connectivity index (χ4n) is 2.23. The molecule has 0 spiro atoms. The summed E-state index contributed by atoms with van der Waals surface area (Å²) < 4.78 is 1.57. The minimum atomic E-state index is 0.442. The van der Waals surface area contributed by atoms with E-state index >= 15 is 0 Å². The van der Waals surface area contributed by atoms with Crippen molar-refractivity contribution in [2.45, 2.75) is 0 Å². The number of benzene rings is 2. The van der Waals surface area contributed by atoms with Crippen molar-refractivity contribution in [3.8, 4) is 16.8 Å². The van der Waals surface area contributed by atoms with Crippen LogP contribution < -0.4 is 5.73 Å². The Morgan fingerprint density at radius 3 is 2.52 bits per heavy atom. The lowest BCUT2D eigenvalue weighted by atomic mass is 10.0. The Bertz CT molecular complexity index is 811. The molecule has 0 saturated heterocycles. The topological polar surface area (TPSA) is 60.9 Å². The highest BCUT2D eigenvalue weighted by molar-refractivity contribution is 6.32. The molecule has 3 rings (SSSR count). The van der Waals surface area contributed by atoms with Crippen LogP contribution in [0.2, 0.25) is 5.02 Å². The third-order valence-electron chi connectivity index (χ3n) is 3.27. The minimum Gasteiger partial charge on any atom is -0.383 e. The normalized spacial score (nSPS) is 10.5. The molecule has 5 heteroatoms. The lowest BCUT2D eigenvalue weighted by Gasteiger charge is -2.08. The number of nitrogens with two attached hydrogens (primary N) is 1. The van der Waals surface area contributed by atoms with Crippen LogP contribution in [-0.2, 0) is 0 Å². The molecule has 0 amide bonds. The zero-order chi connectivity index (χ0) is 14.8. The quantitative estimate of drug-likeness (QED) is 0.752. The van der Waals surface area contributed by atoms with E-state index < -0.39 is 0 Å². The number of hydrogen-bond acceptors (Lipinski definition) is 3. The highest BCUT2D eigenvalue weighted by Gasteiger charge is 2.14. The Morgan fingerprint density at radius 1 is 1.05 bits per heavy atom. The van der Waals surface area contributed by atoms with Gasteiger partial charge in [0.25, 0.3) is 0 Å². The fourth-order valence-corrected chi connectivity index (χ4v) is 2.44. The molecule has 1 aromatic heterocycles. The molecule has 2 N–H and O–H groups in total. The average Bonchev–Trinajstić information content (AvgIpc) is 2.89. The van der Waals surface area contributed by atoms with Crippen molar-refractivity contribution in [2.24, 2.45) is 0 Å². The second-order valence-corrected chi connectivity index (χ2v) is 4.92. The van der Waals surface area contributed by atoms with Crippen LogP contribution in [0.15, 0.2) is 54.7 Å². The van der Waals surface area contributed by atoms with E-state index in [0.717, 1.165) is 11.8 Å². The first kappa shape index (κ1) is 13.4. The molecule has 0 aliphatic heterocycles. The molecule has 0 radical (unpaired) electrons. The summed E-state index contributed by atoms with van der Waals surface area (Å²) in [6.45, 7) is 0. The van der Waals surface area contributed by atoms with Crippen molar-refractivity contribution in [3.63, 3.8) is 0 Å². The van der Waals surface area contributed by atoms with Crippen molar-refractivity contribution in [3.05, 3.63) is 65.3 Å². The van der Waals surface area contributed by atoms with Gasteiger partial charge in [-0.15, -0.1) is 0 Å². The molecular formula is C16H12ClN3O. The lowest BCUT2D eigenvalue weighted by molar-refractivity contribution is 0.112. The maximum Gasteiger partial charge on any atom is 0.150 e. The largest absolute Gasteiger partial charge is 0.383 e.